The number of likely N-dealkylation sites (N-methyl/N-ethyl adjacent to an activating group) is 1. The molecular weight excluding hydrogens is 421 g/mol. The number of carbonyl (C=O) groups is 1. The van der Waals surface area contributed by atoms with Crippen molar-refractivity contribution in [3.8, 4) is 11.8 Å². The number of hydrogen-bond donors (Lipinski definition) is 2. The number of fused-ring (bicyclic) bond motifs is 3. The number of halogens is 1. The van der Waals surface area contributed by atoms with E-state index in [4.69, 9.17) is 5.73 Å². The van der Waals surface area contributed by atoms with Gasteiger partial charge >= 0.3 is 0 Å². The number of imidazole rings is 1. The van der Waals surface area contributed by atoms with E-state index in [1.807, 2.05) is 10.6 Å². The summed E-state index contributed by atoms with van der Waals surface area (Å²) in [5, 5.41) is 10.1. The van der Waals surface area contributed by atoms with Crippen molar-refractivity contribution in [3.63, 3.8) is 0 Å². The molecule has 0 saturated carbocycles. The third-order valence-electron chi connectivity index (χ3n) is 6.57. The number of nitrogens with zero attached hydrogens (tertiary/aromatic N) is 4. The molecule has 8 heteroatoms. The molecule has 7 nitrogen and oxygen atoms in total. The van der Waals surface area contributed by atoms with Crippen LogP contribution >= 0.6 is 0 Å². The second-order valence-corrected chi connectivity index (χ2v) is 9.71. The maximum Gasteiger partial charge on any atom is 0.269 e. The highest BCUT2D eigenvalue weighted by Crippen LogP contribution is 2.43. The van der Waals surface area contributed by atoms with Crippen LogP contribution in [0, 0.1) is 17.7 Å². The van der Waals surface area contributed by atoms with Gasteiger partial charge in [0.05, 0.1) is 11.7 Å². The first-order valence-electron chi connectivity index (χ1n) is 11.2. The number of rotatable bonds is 3. The van der Waals surface area contributed by atoms with E-state index in [0.29, 0.717) is 29.9 Å². The molecule has 5 rings (SSSR count). The molecule has 1 aliphatic carbocycles. The van der Waals surface area contributed by atoms with E-state index in [0.717, 1.165) is 43.0 Å². The van der Waals surface area contributed by atoms with Gasteiger partial charge in [0.2, 0.25) is 0 Å². The topological polar surface area (TPSA) is 87.6 Å². The Hall–Kier alpha value is -2.99. The molecule has 2 aromatic rings. The van der Waals surface area contributed by atoms with Gasteiger partial charge in [-0.15, -0.1) is 0 Å². The smallest absolute Gasteiger partial charge is 0.269 e. The molecule has 2 aliphatic heterocycles. The van der Waals surface area contributed by atoms with Crippen LogP contribution in [-0.2, 0) is 13.0 Å². The van der Waals surface area contributed by atoms with Gasteiger partial charge in [-0.2, -0.15) is 0 Å². The summed E-state index contributed by atoms with van der Waals surface area (Å²) >= 11 is 0. The molecule has 1 aromatic heterocycles. The number of aliphatic hydroxyl groups is 1. The van der Waals surface area contributed by atoms with Gasteiger partial charge in [0.1, 0.15) is 17.2 Å². The van der Waals surface area contributed by atoms with Crippen molar-refractivity contribution >= 4 is 17.6 Å². The molecule has 1 unspecified atom stereocenters. The predicted molar refractivity (Wildman–Crippen MR) is 124 cm³/mol. The van der Waals surface area contributed by atoms with Crippen molar-refractivity contribution in [3.05, 3.63) is 51.9 Å². The molecule has 33 heavy (non-hydrogen) atoms. The molecule has 2 bridgehead atoms. The number of carbonyl (C=O) groups excluding carboxylic acids is 1. The first-order chi connectivity index (χ1) is 15.6. The summed E-state index contributed by atoms with van der Waals surface area (Å²) in [5.41, 5.74) is 8.13. The van der Waals surface area contributed by atoms with Gasteiger partial charge in [0.25, 0.3) is 5.91 Å². The van der Waals surface area contributed by atoms with Crippen LogP contribution in [0.25, 0.3) is 11.6 Å². The summed E-state index contributed by atoms with van der Waals surface area (Å²) < 4.78 is 17.2. The number of allylic oxidation sites excluding steroid dienone is 1. The third kappa shape index (κ3) is 3.97. The molecular formula is C25H28FN5O2. The van der Waals surface area contributed by atoms with Gasteiger partial charge in [-0.05, 0) is 50.6 Å². The SMILES string of the molecule is CN1CCN(Cc2c(C(N)=O)nc3n2C2Cc4cc(F)c(c2c4)C(C#CC(C)(C)O)=C3)CC1. The Morgan fingerprint density at radius 2 is 2.03 bits per heavy atom. The van der Waals surface area contributed by atoms with Crippen LogP contribution < -0.4 is 5.73 Å². The second kappa shape index (κ2) is 7.80. The highest BCUT2D eigenvalue weighted by molar-refractivity contribution is 5.96. The number of nitrogens with two attached hydrogens (primary N) is 1. The zero-order chi connectivity index (χ0) is 23.5. The summed E-state index contributed by atoms with van der Waals surface area (Å²) in [6.45, 7) is 7.36. The van der Waals surface area contributed by atoms with Gasteiger partial charge in [0.15, 0.2) is 5.69 Å². The highest BCUT2D eigenvalue weighted by atomic mass is 19.1. The standard InChI is InChI=1S/C25H28FN5O2/c1-25(2,33)5-4-16-13-21-28-23(24(27)32)20(14-30-8-6-29(3)7-9-30)31(21)19-12-15-10-17(19)22(16)18(26)11-15/h10-11,13,19,33H,6-9,12,14H2,1-3H3,(H2,27,32). The molecule has 1 aromatic carbocycles. The van der Waals surface area contributed by atoms with Crippen LogP contribution in [0.2, 0.25) is 0 Å². The van der Waals surface area contributed by atoms with Gasteiger partial charge in [-0.3, -0.25) is 9.69 Å². The molecule has 0 radical (unpaired) electrons. The van der Waals surface area contributed by atoms with Crippen molar-refractivity contribution in [1.82, 2.24) is 19.4 Å². The molecule has 172 valence electrons. The number of aromatic nitrogens is 2. The summed E-state index contributed by atoms with van der Waals surface area (Å²) in [7, 11) is 2.10. The molecule has 3 heterocycles. The van der Waals surface area contributed by atoms with Crippen LogP contribution in [0.4, 0.5) is 4.39 Å². The van der Waals surface area contributed by atoms with E-state index >= 15 is 4.39 Å². The fraction of sp³-hybridized carbons (Fsp3) is 0.440. The van der Waals surface area contributed by atoms with Gasteiger partial charge in [0, 0.05) is 43.9 Å². The lowest BCUT2D eigenvalue weighted by Gasteiger charge is -2.33. The van der Waals surface area contributed by atoms with Crippen molar-refractivity contribution < 1.29 is 14.3 Å². The normalized spacial score (nSPS) is 20.0. The molecule has 0 spiro atoms. The first kappa shape index (κ1) is 21.8. The fourth-order valence-corrected chi connectivity index (χ4v) is 4.94. The fourth-order valence-electron chi connectivity index (χ4n) is 4.94. The second-order valence-electron chi connectivity index (χ2n) is 9.71. The van der Waals surface area contributed by atoms with E-state index in [1.165, 1.54) is 0 Å². The van der Waals surface area contributed by atoms with Crippen molar-refractivity contribution in [2.45, 2.75) is 38.5 Å². The lowest BCUT2D eigenvalue weighted by molar-refractivity contribution is 0.0991. The molecule has 3 aliphatic rings. The maximum absolute atomic E-state index is 15.2. The average molecular weight is 450 g/mol. The van der Waals surface area contributed by atoms with Crippen LogP contribution in [0.5, 0.6) is 0 Å². The van der Waals surface area contributed by atoms with Crippen LogP contribution in [-0.4, -0.2) is 69.2 Å². The van der Waals surface area contributed by atoms with Crippen LogP contribution in [0.15, 0.2) is 12.1 Å². The Balaban J connectivity index is 1.68. The molecule has 1 atom stereocenters. The van der Waals surface area contributed by atoms with Crippen molar-refractivity contribution in [1.29, 1.82) is 0 Å². The Kier molecular flexibility index (Phi) is 5.16. The van der Waals surface area contributed by atoms with Crippen molar-refractivity contribution in [2.75, 3.05) is 33.2 Å². The number of hydrogen-bond acceptors (Lipinski definition) is 5. The Bertz CT molecular complexity index is 1240. The van der Waals surface area contributed by atoms with E-state index in [9.17, 15) is 9.90 Å². The Morgan fingerprint density at radius 3 is 2.70 bits per heavy atom. The van der Waals surface area contributed by atoms with Gasteiger partial charge < -0.3 is 20.3 Å². The maximum atomic E-state index is 15.2. The van der Waals surface area contributed by atoms with E-state index in [-0.39, 0.29) is 17.6 Å². The quantitative estimate of drug-likeness (QED) is 0.696. The minimum Gasteiger partial charge on any atom is -0.378 e. The van der Waals surface area contributed by atoms with Crippen molar-refractivity contribution in [2.24, 2.45) is 5.73 Å². The van der Waals surface area contributed by atoms with E-state index < -0.39 is 11.5 Å². The van der Waals surface area contributed by atoms with E-state index in [1.54, 1.807) is 26.0 Å². The predicted octanol–water partition coefficient (Wildman–Crippen LogP) is 1.64. The summed E-state index contributed by atoms with van der Waals surface area (Å²) in [4.78, 5) is 21.6. The molecule has 3 N–H and O–H groups in total. The lowest BCUT2D eigenvalue weighted by atomic mass is 9.98. The highest BCUT2D eigenvalue weighted by Gasteiger charge is 2.36. The van der Waals surface area contributed by atoms with E-state index in [2.05, 4.69) is 33.7 Å². The minimum atomic E-state index is -1.23. The number of amides is 1. The number of primary amides is 1. The van der Waals surface area contributed by atoms with Crippen LogP contribution in [0.1, 0.15) is 58.6 Å². The minimum absolute atomic E-state index is 0.185. The molecule has 1 fully saturated rings. The van der Waals surface area contributed by atoms with Gasteiger partial charge in [-0.25, -0.2) is 9.37 Å². The largest absolute Gasteiger partial charge is 0.378 e. The lowest BCUT2D eigenvalue weighted by Crippen LogP contribution is -2.44. The molecule has 1 saturated heterocycles. The average Bonchev–Trinajstić information content (AvgIpc) is 3.21. The van der Waals surface area contributed by atoms with Gasteiger partial charge in [-0.1, -0.05) is 17.9 Å². The number of benzene rings is 1. The molecule has 1 amide bonds. The zero-order valence-electron chi connectivity index (χ0n) is 19.2. The Labute approximate surface area is 192 Å². The number of piperazine rings is 1. The zero-order valence-corrected chi connectivity index (χ0v) is 19.2. The first-order valence-corrected chi connectivity index (χ1v) is 11.2. The monoisotopic (exact) mass is 449 g/mol. The third-order valence-corrected chi connectivity index (χ3v) is 6.57. The summed E-state index contributed by atoms with van der Waals surface area (Å²) in [6.07, 6.45) is 2.33. The Morgan fingerprint density at radius 1 is 1.30 bits per heavy atom. The summed E-state index contributed by atoms with van der Waals surface area (Å²) in [5.74, 6) is 5.39. The van der Waals surface area contributed by atoms with Crippen LogP contribution in [0.3, 0.4) is 0 Å². The summed E-state index contributed by atoms with van der Waals surface area (Å²) in [6, 6.07) is 3.37.